The molecule has 2 aromatic carbocycles. The summed E-state index contributed by atoms with van der Waals surface area (Å²) < 4.78 is 10.9. The van der Waals surface area contributed by atoms with Crippen molar-refractivity contribution < 1.29 is 23.9 Å². The smallest absolute Gasteiger partial charge is 0.231 e. The topological polar surface area (TPSA) is 84.9 Å². The Morgan fingerprint density at radius 1 is 1.09 bits per heavy atom. The van der Waals surface area contributed by atoms with Gasteiger partial charge < -0.3 is 19.7 Å². The highest BCUT2D eigenvalue weighted by molar-refractivity contribution is 5.98. The quantitative estimate of drug-likeness (QED) is 0.637. The molecule has 1 N–H and O–H groups in total. The summed E-state index contributed by atoms with van der Waals surface area (Å²) in [5, 5.41) is 3.15. The molecule has 3 aliphatic rings. The first-order valence-electron chi connectivity index (χ1n) is 12.1. The standard InChI is InChI=1S/C27H30N2O5/c30-24-10-12-27(28-24,16-19-8-9-22-23(15-19)34-18-33-22)13-11-25(31)29-14-4-7-21(17-29)26(32)20-5-2-1-3-6-20/h1-3,5-6,8-9,15,21H,4,7,10-14,16-18H2,(H,28,30)/t21-,27-/m1/s1. The zero-order valence-electron chi connectivity index (χ0n) is 19.3. The lowest BCUT2D eigenvalue weighted by Gasteiger charge is -2.34. The Morgan fingerprint density at radius 2 is 1.91 bits per heavy atom. The number of Topliss-reactive ketones (excluding diaryl/α,β-unsaturated/α-hetero) is 1. The molecule has 178 valence electrons. The summed E-state index contributed by atoms with van der Waals surface area (Å²) in [5.74, 6) is 1.48. The van der Waals surface area contributed by atoms with Gasteiger partial charge in [-0.1, -0.05) is 36.4 Å². The number of amides is 2. The molecule has 0 saturated carbocycles. The Hall–Kier alpha value is -3.35. The van der Waals surface area contributed by atoms with Crippen molar-refractivity contribution in [3.05, 3.63) is 59.7 Å². The van der Waals surface area contributed by atoms with Crippen LogP contribution in [-0.2, 0) is 16.0 Å². The van der Waals surface area contributed by atoms with Crippen molar-refractivity contribution in [2.24, 2.45) is 5.92 Å². The van der Waals surface area contributed by atoms with E-state index in [9.17, 15) is 14.4 Å². The normalized spacial score (nSPS) is 23.6. The maximum atomic E-state index is 13.2. The molecular weight excluding hydrogens is 432 g/mol. The maximum absolute atomic E-state index is 13.2. The second kappa shape index (κ2) is 9.49. The first kappa shape index (κ1) is 22.4. The van der Waals surface area contributed by atoms with Crippen molar-refractivity contribution in [2.75, 3.05) is 19.9 Å². The van der Waals surface area contributed by atoms with Crippen LogP contribution in [0.2, 0.25) is 0 Å². The van der Waals surface area contributed by atoms with Crippen LogP contribution in [-0.4, -0.2) is 47.9 Å². The zero-order valence-corrected chi connectivity index (χ0v) is 19.3. The number of likely N-dealkylation sites (tertiary alicyclic amines) is 1. The van der Waals surface area contributed by atoms with Crippen LogP contribution in [0.1, 0.15) is 54.4 Å². The molecule has 2 amide bonds. The largest absolute Gasteiger partial charge is 0.454 e. The van der Waals surface area contributed by atoms with E-state index in [0.29, 0.717) is 50.8 Å². The highest BCUT2D eigenvalue weighted by Crippen LogP contribution is 2.36. The lowest BCUT2D eigenvalue weighted by atomic mass is 9.84. The van der Waals surface area contributed by atoms with Gasteiger partial charge in [0.15, 0.2) is 17.3 Å². The minimum absolute atomic E-state index is 0.0275. The van der Waals surface area contributed by atoms with Gasteiger partial charge in [-0.2, -0.15) is 0 Å². The zero-order chi connectivity index (χ0) is 23.5. The van der Waals surface area contributed by atoms with Crippen LogP contribution in [0.4, 0.5) is 0 Å². The van der Waals surface area contributed by atoms with Crippen LogP contribution in [0.5, 0.6) is 11.5 Å². The molecule has 0 spiro atoms. The predicted octanol–water partition coefficient (Wildman–Crippen LogP) is 3.51. The van der Waals surface area contributed by atoms with Crippen molar-refractivity contribution in [1.29, 1.82) is 0 Å². The van der Waals surface area contributed by atoms with Crippen LogP contribution < -0.4 is 14.8 Å². The summed E-state index contributed by atoms with van der Waals surface area (Å²) >= 11 is 0. The SMILES string of the molecule is O=C1CC[C@@](CCC(=O)N2CCC[C@@H](C(=O)c3ccccc3)C2)(Cc2ccc3c(c2)OCO3)N1. The van der Waals surface area contributed by atoms with Crippen LogP contribution in [0.25, 0.3) is 0 Å². The number of fused-ring (bicyclic) bond motifs is 1. The minimum atomic E-state index is -0.449. The summed E-state index contributed by atoms with van der Waals surface area (Å²) in [5.41, 5.74) is 1.30. The summed E-state index contributed by atoms with van der Waals surface area (Å²) in [7, 11) is 0. The Balaban J connectivity index is 1.22. The number of hydrogen-bond acceptors (Lipinski definition) is 5. The van der Waals surface area contributed by atoms with Gasteiger partial charge in [-0.05, 0) is 49.8 Å². The van der Waals surface area contributed by atoms with Gasteiger partial charge in [-0.3, -0.25) is 14.4 Å². The molecule has 7 heteroatoms. The van der Waals surface area contributed by atoms with Gasteiger partial charge >= 0.3 is 0 Å². The highest BCUT2D eigenvalue weighted by Gasteiger charge is 2.39. The molecule has 3 heterocycles. The summed E-state index contributed by atoms with van der Waals surface area (Å²) in [6.45, 7) is 1.37. The van der Waals surface area contributed by atoms with Crippen LogP contribution in [0.3, 0.4) is 0 Å². The van der Waals surface area contributed by atoms with E-state index < -0.39 is 5.54 Å². The van der Waals surface area contributed by atoms with Crippen molar-refractivity contribution >= 4 is 17.6 Å². The molecule has 5 rings (SSSR count). The number of hydrogen-bond donors (Lipinski definition) is 1. The first-order valence-corrected chi connectivity index (χ1v) is 12.1. The van der Waals surface area contributed by atoms with Gasteiger partial charge in [0.1, 0.15) is 0 Å². The van der Waals surface area contributed by atoms with E-state index in [0.717, 1.165) is 29.9 Å². The van der Waals surface area contributed by atoms with E-state index in [1.165, 1.54) is 0 Å². The highest BCUT2D eigenvalue weighted by atomic mass is 16.7. The van der Waals surface area contributed by atoms with E-state index >= 15 is 0 Å². The molecular formula is C27H30N2O5. The third-order valence-corrected chi connectivity index (χ3v) is 7.24. The molecule has 2 saturated heterocycles. The summed E-state index contributed by atoms with van der Waals surface area (Å²) in [6.07, 6.45) is 4.35. The average molecular weight is 463 g/mol. The molecule has 34 heavy (non-hydrogen) atoms. The number of carbonyl (C=O) groups is 3. The second-order valence-electron chi connectivity index (χ2n) is 9.60. The van der Waals surface area contributed by atoms with Crippen molar-refractivity contribution in [3.8, 4) is 11.5 Å². The number of nitrogens with one attached hydrogen (secondary N) is 1. The third kappa shape index (κ3) is 4.79. The summed E-state index contributed by atoms with van der Waals surface area (Å²) in [4.78, 5) is 40.0. The monoisotopic (exact) mass is 462 g/mol. The number of piperidine rings is 1. The van der Waals surface area contributed by atoms with E-state index in [-0.39, 0.29) is 30.3 Å². The fraction of sp³-hybridized carbons (Fsp3) is 0.444. The van der Waals surface area contributed by atoms with Gasteiger partial charge in [-0.25, -0.2) is 0 Å². The molecule has 2 aromatic rings. The minimum Gasteiger partial charge on any atom is -0.454 e. The molecule has 0 aromatic heterocycles. The fourth-order valence-corrected chi connectivity index (χ4v) is 5.38. The first-order chi connectivity index (χ1) is 16.5. The molecule has 2 fully saturated rings. The lowest BCUT2D eigenvalue weighted by Crippen LogP contribution is -2.46. The van der Waals surface area contributed by atoms with Gasteiger partial charge in [0.05, 0.1) is 0 Å². The number of ether oxygens (including phenoxy) is 2. The predicted molar refractivity (Wildman–Crippen MR) is 126 cm³/mol. The molecule has 0 aliphatic carbocycles. The third-order valence-electron chi connectivity index (χ3n) is 7.24. The van der Waals surface area contributed by atoms with Gasteiger partial charge in [0.2, 0.25) is 18.6 Å². The number of nitrogens with zero attached hydrogens (tertiary/aromatic N) is 1. The van der Waals surface area contributed by atoms with Crippen LogP contribution >= 0.6 is 0 Å². The van der Waals surface area contributed by atoms with Crippen molar-refractivity contribution in [3.63, 3.8) is 0 Å². The van der Waals surface area contributed by atoms with E-state index in [1.54, 1.807) is 0 Å². The Kier molecular flexibility index (Phi) is 6.26. The molecule has 0 bridgehead atoms. The van der Waals surface area contributed by atoms with Crippen molar-refractivity contribution in [1.82, 2.24) is 10.2 Å². The second-order valence-corrected chi connectivity index (χ2v) is 9.60. The van der Waals surface area contributed by atoms with E-state index in [1.807, 2.05) is 53.4 Å². The van der Waals surface area contributed by atoms with Crippen molar-refractivity contribution in [2.45, 2.75) is 50.5 Å². The lowest BCUT2D eigenvalue weighted by molar-refractivity contribution is -0.133. The van der Waals surface area contributed by atoms with Crippen LogP contribution in [0.15, 0.2) is 48.5 Å². The van der Waals surface area contributed by atoms with Crippen LogP contribution in [0, 0.1) is 5.92 Å². The number of carbonyl (C=O) groups excluding carboxylic acids is 3. The molecule has 2 atom stereocenters. The Bertz CT molecular complexity index is 1090. The van der Waals surface area contributed by atoms with Gasteiger partial charge in [-0.15, -0.1) is 0 Å². The maximum Gasteiger partial charge on any atom is 0.231 e. The Morgan fingerprint density at radius 3 is 2.71 bits per heavy atom. The van der Waals surface area contributed by atoms with E-state index in [2.05, 4.69) is 5.32 Å². The fourth-order valence-electron chi connectivity index (χ4n) is 5.38. The average Bonchev–Trinajstić information content (AvgIpc) is 3.49. The number of rotatable bonds is 7. The summed E-state index contributed by atoms with van der Waals surface area (Å²) in [6, 6.07) is 15.2. The molecule has 7 nitrogen and oxygen atoms in total. The molecule has 0 unspecified atom stereocenters. The Labute approximate surface area is 199 Å². The van der Waals surface area contributed by atoms with E-state index in [4.69, 9.17) is 9.47 Å². The molecule has 0 radical (unpaired) electrons. The molecule has 3 aliphatic heterocycles. The number of ketones is 1. The van der Waals surface area contributed by atoms with Gasteiger partial charge in [0.25, 0.3) is 0 Å². The van der Waals surface area contributed by atoms with Gasteiger partial charge in [0, 0.05) is 43.0 Å². The number of benzene rings is 2.